The molecule has 0 spiro atoms. The largest absolute Gasteiger partial charge is 0.513 e. The lowest BCUT2D eigenvalue weighted by molar-refractivity contribution is 0.414. The molecule has 0 aromatic carbocycles. The molecule has 16 heavy (non-hydrogen) atoms. The number of thiocarbonyl (C=S) groups is 1. The Morgan fingerprint density at radius 2 is 2.19 bits per heavy atom. The van der Waals surface area contributed by atoms with Gasteiger partial charge < -0.3 is 10.0 Å². The van der Waals surface area contributed by atoms with Crippen LogP contribution in [0.15, 0.2) is 40.9 Å². The zero-order valence-corrected chi connectivity index (χ0v) is 10.8. The molecule has 0 unspecified atom stereocenters. The van der Waals surface area contributed by atoms with Crippen molar-refractivity contribution in [3.05, 3.63) is 35.9 Å². The summed E-state index contributed by atoms with van der Waals surface area (Å²) in [5.41, 5.74) is 0.960. The van der Waals surface area contributed by atoms with Gasteiger partial charge in [0, 0.05) is 25.0 Å². The third kappa shape index (κ3) is 5.46. The van der Waals surface area contributed by atoms with Gasteiger partial charge >= 0.3 is 0 Å². The first-order valence-electron chi connectivity index (χ1n) is 4.99. The van der Waals surface area contributed by atoms with E-state index in [1.807, 2.05) is 14.0 Å². The average molecular weight is 238 g/mol. The van der Waals surface area contributed by atoms with Crippen molar-refractivity contribution in [2.24, 2.45) is 4.99 Å². The van der Waals surface area contributed by atoms with Gasteiger partial charge in [-0.3, -0.25) is 4.99 Å². The van der Waals surface area contributed by atoms with Gasteiger partial charge in [-0.1, -0.05) is 19.1 Å². The molecule has 88 valence electrons. The van der Waals surface area contributed by atoms with E-state index in [-0.39, 0.29) is 5.76 Å². The maximum absolute atomic E-state index is 8.97. The van der Waals surface area contributed by atoms with Crippen LogP contribution in [-0.4, -0.2) is 28.8 Å². The van der Waals surface area contributed by atoms with E-state index >= 15 is 0 Å². The maximum atomic E-state index is 8.97. The van der Waals surface area contributed by atoms with Crippen LogP contribution < -0.4 is 0 Å². The molecule has 0 saturated heterocycles. The highest BCUT2D eigenvalue weighted by atomic mass is 32.1. The molecule has 0 aromatic heterocycles. The van der Waals surface area contributed by atoms with Gasteiger partial charge in [-0.15, -0.1) is 0 Å². The lowest BCUT2D eigenvalue weighted by Crippen LogP contribution is -2.20. The molecule has 0 fully saturated rings. The number of nitrogens with zero attached hydrogens (tertiary/aromatic N) is 2. The van der Waals surface area contributed by atoms with E-state index in [0.717, 1.165) is 12.0 Å². The Hall–Kier alpha value is -1.42. The predicted octanol–water partition coefficient (Wildman–Crippen LogP) is 3.22. The van der Waals surface area contributed by atoms with Gasteiger partial charge in [0.05, 0.1) is 5.76 Å². The van der Waals surface area contributed by atoms with E-state index in [2.05, 4.69) is 11.7 Å². The molecular formula is C12H18N2OS. The number of rotatable bonds is 5. The molecule has 0 aliphatic rings. The lowest BCUT2D eigenvalue weighted by Gasteiger charge is -2.16. The molecule has 0 saturated carbocycles. The average Bonchev–Trinajstić information content (AvgIpc) is 2.24. The molecule has 4 heteroatoms. The van der Waals surface area contributed by atoms with Gasteiger partial charge in [0.25, 0.3) is 0 Å². The topological polar surface area (TPSA) is 35.8 Å². The quantitative estimate of drug-likeness (QED) is 0.263. The summed E-state index contributed by atoms with van der Waals surface area (Å²) in [5, 5.41) is 8.97. The molecular weight excluding hydrogens is 220 g/mol. The minimum absolute atomic E-state index is 0.259. The Morgan fingerprint density at radius 3 is 2.62 bits per heavy atom. The molecule has 3 nitrogen and oxygen atoms in total. The van der Waals surface area contributed by atoms with Crippen LogP contribution in [0.2, 0.25) is 0 Å². The van der Waals surface area contributed by atoms with Gasteiger partial charge in [-0.05, 0) is 32.2 Å². The van der Waals surface area contributed by atoms with Crippen molar-refractivity contribution < 1.29 is 5.11 Å². The second-order valence-corrected chi connectivity index (χ2v) is 3.64. The molecule has 0 heterocycles. The first kappa shape index (κ1) is 14.6. The fraction of sp³-hybridized carbons (Fsp3) is 0.333. The van der Waals surface area contributed by atoms with E-state index in [1.54, 1.807) is 36.4 Å². The second-order valence-electron chi connectivity index (χ2n) is 3.26. The molecule has 0 aromatic rings. The van der Waals surface area contributed by atoms with Gasteiger partial charge in [-0.2, -0.15) is 0 Å². The van der Waals surface area contributed by atoms with E-state index < -0.39 is 0 Å². The Balaban J connectivity index is 4.61. The van der Waals surface area contributed by atoms with E-state index in [9.17, 15) is 0 Å². The minimum Gasteiger partial charge on any atom is -0.513 e. The van der Waals surface area contributed by atoms with Crippen molar-refractivity contribution in [3.8, 4) is 0 Å². The summed E-state index contributed by atoms with van der Waals surface area (Å²) in [4.78, 5) is 6.22. The van der Waals surface area contributed by atoms with Crippen LogP contribution in [0.5, 0.6) is 0 Å². The van der Waals surface area contributed by atoms with Crippen molar-refractivity contribution in [2.45, 2.75) is 20.3 Å². The highest BCUT2D eigenvalue weighted by Crippen LogP contribution is 2.08. The summed E-state index contributed by atoms with van der Waals surface area (Å²) in [7, 11) is 1.85. The Morgan fingerprint density at radius 1 is 1.56 bits per heavy atom. The first-order chi connectivity index (χ1) is 7.52. The predicted molar refractivity (Wildman–Crippen MR) is 73.8 cm³/mol. The van der Waals surface area contributed by atoms with Gasteiger partial charge in [-0.25, -0.2) is 0 Å². The standard InChI is InChI=1S/C12H18N2OS/c1-5-11(9-13-3)12(16)14(4)8-6-7-10(2)15/h6-9,15H,3,5H2,1-2,4H3/b8-6-,10-7+,11-9-. The van der Waals surface area contributed by atoms with Crippen molar-refractivity contribution in [1.29, 1.82) is 0 Å². The highest BCUT2D eigenvalue weighted by Gasteiger charge is 2.05. The Bertz CT molecular complexity index is 339. The van der Waals surface area contributed by atoms with Crippen LogP contribution in [0.25, 0.3) is 0 Å². The van der Waals surface area contributed by atoms with Crippen LogP contribution in [0.3, 0.4) is 0 Å². The SMILES string of the molecule is C=N/C=C(/CC)C(=S)N(C)/C=C\C=C(/C)O. The summed E-state index contributed by atoms with van der Waals surface area (Å²) in [5.74, 6) is 0.259. The number of aliphatic hydroxyl groups excluding tert-OH is 1. The van der Waals surface area contributed by atoms with Gasteiger partial charge in [0.15, 0.2) is 0 Å². The third-order valence-electron chi connectivity index (χ3n) is 1.87. The first-order valence-corrected chi connectivity index (χ1v) is 5.39. The highest BCUT2D eigenvalue weighted by molar-refractivity contribution is 7.80. The fourth-order valence-corrected chi connectivity index (χ4v) is 1.27. The minimum atomic E-state index is 0.259. The zero-order chi connectivity index (χ0) is 12.6. The maximum Gasteiger partial charge on any atom is 0.110 e. The number of hydrogen-bond acceptors (Lipinski definition) is 3. The Labute approximate surface area is 102 Å². The van der Waals surface area contributed by atoms with E-state index in [0.29, 0.717) is 4.99 Å². The summed E-state index contributed by atoms with van der Waals surface area (Å²) < 4.78 is 0. The van der Waals surface area contributed by atoms with Crippen LogP contribution in [-0.2, 0) is 0 Å². The smallest absolute Gasteiger partial charge is 0.110 e. The molecule has 0 amide bonds. The van der Waals surface area contributed by atoms with Crippen molar-refractivity contribution in [2.75, 3.05) is 7.05 Å². The van der Waals surface area contributed by atoms with Crippen molar-refractivity contribution in [1.82, 2.24) is 4.90 Å². The van der Waals surface area contributed by atoms with Crippen LogP contribution in [0, 0.1) is 0 Å². The monoisotopic (exact) mass is 238 g/mol. The number of aliphatic hydroxyl groups is 1. The molecule has 0 bridgehead atoms. The zero-order valence-electron chi connectivity index (χ0n) is 9.97. The number of aliphatic imine (C=N–C) groups is 1. The van der Waals surface area contributed by atoms with Gasteiger partial charge in [0.2, 0.25) is 0 Å². The third-order valence-corrected chi connectivity index (χ3v) is 2.42. The molecule has 0 atom stereocenters. The van der Waals surface area contributed by atoms with Crippen molar-refractivity contribution >= 4 is 23.9 Å². The summed E-state index contributed by atoms with van der Waals surface area (Å²) in [6.45, 7) is 7.04. The van der Waals surface area contributed by atoms with E-state index in [1.165, 1.54) is 0 Å². The molecule has 0 rings (SSSR count). The summed E-state index contributed by atoms with van der Waals surface area (Å²) >= 11 is 5.28. The lowest BCUT2D eigenvalue weighted by atomic mass is 10.2. The van der Waals surface area contributed by atoms with E-state index in [4.69, 9.17) is 17.3 Å². The van der Waals surface area contributed by atoms with Crippen molar-refractivity contribution in [3.63, 3.8) is 0 Å². The summed E-state index contributed by atoms with van der Waals surface area (Å²) in [6, 6.07) is 0. The van der Waals surface area contributed by atoms with Gasteiger partial charge in [0.1, 0.15) is 4.99 Å². The number of allylic oxidation sites excluding steroid dienone is 3. The molecule has 1 N–H and O–H groups in total. The van der Waals surface area contributed by atoms with Crippen LogP contribution in [0.4, 0.5) is 0 Å². The van der Waals surface area contributed by atoms with Crippen LogP contribution >= 0.6 is 12.2 Å². The molecule has 0 aliphatic heterocycles. The summed E-state index contributed by atoms with van der Waals surface area (Å²) in [6.07, 6.45) is 7.59. The second kappa shape index (κ2) is 7.82. The number of likely N-dealkylation sites (N-methyl/N-ethyl adjacent to an activating group) is 1. The normalized spacial score (nSPS) is 12.9. The molecule has 0 radical (unpaired) electrons. The molecule has 0 aliphatic carbocycles. The van der Waals surface area contributed by atoms with Crippen LogP contribution in [0.1, 0.15) is 20.3 Å². The number of hydrogen-bond donors (Lipinski definition) is 1. The fourth-order valence-electron chi connectivity index (χ4n) is 1.01. The Kier molecular flexibility index (Phi) is 7.12.